The van der Waals surface area contributed by atoms with Gasteiger partial charge in [0.05, 0.1) is 10.2 Å². The summed E-state index contributed by atoms with van der Waals surface area (Å²) in [5, 5.41) is 1.30. The van der Waals surface area contributed by atoms with E-state index in [9.17, 15) is 0 Å². The van der Waals surface area contributed by atoms with Crippen LogP contribution in [-0.4, -0.2) is 9.97 Å². The van der Waals surface area contributed by atoms with Crippen molar-refractivity contribution >= 4 is 32.5 Å². The molecule has 0 radical (unpaired) electrons. The van der Waals surface area contributed by atoms with Crippen LogP contribution in [0.15, 0.2) is 18.2 Å². The molecule has 1 N–H and O–H groups in total. The summed E-state index contributed by atoms with van der Waals surface area (Å²) in [6.07, 6.45) is 0. The number of aromatic amines is 1. The van der Waals surface area contributed by atoms with E-state index in [-0.39, 0.29) is 0 Å². The molecule has 0 amide bonds. The molecule has 2 aromatic heterocycles. The molecule has 14 heavy (non-hydrogen) atoms. The standard InChI is InChI=1S/C11H10N2S/c1-6-5-8-3-4-9-10(11(8)14-6)13-7(2)12-9/h3-5H,1-2H3,(H,12,13). The summed E-state index contributed by atoms with van der Waals surface area (Å²) in [4.78, 5) is 9.11. The van der Waals surface area contributed by atoms with Gasteiger partial charge >= 0.3 is 0 Å². The number of hydrogen-bond donors (Lipinski definition) is 1. The highest BCUT2D eigenvalue weighted by Crippen LogP contribution is 2.30. The maximum Gasteiger partial charge on any atom is 0.106 e. The summed E-state index contributed by atoms with van der Waals surface area (Å²) in [7, 11) is 0. The van der Waals surface area contributed by atoms with Gasteiger partial charge in [-0.3, -0.25) is 0 Å². The lowest BCUT2D eigenvalue weighted by atomic mass is 10.2. The summed E-state index contributed by atoms with van der Waals surface area (Å²) in [6, 6.07) is 6.46. The number of thiophene rings is 1. The van der Waals surface area contributed by atoms with Crippen molar-refractivity contribution < 1.29 is 0 Å². The van der Waals surface area contributed by atoms with Crippen molar-refractivity contribution in [3.63, 3.8) is 0 Å². The van der Waals surface area contributed by atoms with Crippen LogP contribution in [-0.2, 0) is 0 Å². The van der Waals surface area contributed by atoms with Gasteiger partial charge in [-0.2, -0.15) is 0 Å². The van der Waals surface area contributed by atoms with Gasteiger partial charge in [0.2, 0.25) is 0 Å². The van der Waals surface area contributed by atoms with Crippen LogP contribution in [0.25, 0.3) is 21.1 Å². The lowest BCUT2D eigenvalue weighted by Gasteiger charge is -1.89. The lowest BCUT2D eigenvalue weighted by Crippen LogP contribution is -1.68. The Labute approximate surface area is 85.6 Å². The van der Waals surface area contributed by atoms with Crippen LogP contribution in [0.4, 0.5) is 0 Å². The van der Waals surface area contributed by atoms with E-state index in [0.717, 1.165) is 16.9 Å². The first kappa shape index (κ1) is 8.00. The molecule has 0 unspecified atom stereocenters. The number of hydrogen-bond acceptors (Lipinski definition) is 2. The van der Waals surface area contributed by atoms with Crippen LogP contribution >= 0.6 is 11.3 Å². The van der Waals surface area contributed by atoms with Crippen LogP contribution < -0.4 is 0 Å². The molecule has 0 fully saturated rings. The topological polar surface area (TPSA) is 28.7 Å². The Kier molecular flexibility index (Phi) is 1.47. The third-order valence-corrected chi connectivity index (χ3v) is 3.45. The number of H-pyrrole nitrogens is 1. The minimum Gasteiger partial charge on any atom is -0.342 e. The molecular weight excluding hydrogens is 192 g/mol. The number of aryl methyl sites for hydroxylation is 2. The molecule has 0 aliphatic carbocycles. The van der Waals surface area contributed by atoms with Crippen LogP contribution in [0.2, 0.25) is 0 Å². The summed E-state index contributed by atoms with van der Waals surface area (Å²) >= 11 is 1.81. The minimum atomic E-state index is 0.985. The molecule has 0 saturated heterocycles. The second-order valence-electron chi connectivity index (χ2n) is 3.56. The molecule has 0 aliphatic rings. The summed E-state index contributed by atoms with van der Waals surface area (Å²) < 4.78 is 1.30. The molecule has 0 bridgehead atoms. The predicted molar refractivity (Wildman–Crippen MR) is 61.0 cm³/mol. The molecular formula is C11H10N2S. The number of nitrogens with one attached hydrogen (secondary N) is 1. The average molecular weight is 202 g/mol. The van der Waals surface area contributed by atoms with E-state index >= 15 is 0 Å². The van der Waals surface area contributed by atoms with Gasteiger partial charge in [0.25, 0.3) is 0 Å². The summed E-state index contributed by atoms with van der Waals surface area (Å²) in [6.45, 7) is 4.13. The van der Waals surface area contributed by atoms with E-state index in [2.05, 4.69) is 35.1 Å². The molecule has 2 heterocycles. The number of rotatable bonds is 0. The van der Waals surface area contributed by atoms with Gasteiger partial charge in [-0.1, -0.05) is 6.07 Å². The Morgan fingerprint density at radius 1 is 1.29 bits per heavy atom. The molecule has 0 atom stereocenters. The van der Waals surface area contributed by atoms with Crippen molar-refractivity contribution in [2.75, 3.05) is 0 Å². The first-order valence-corrected chi connectivity index (χ1v) is 5.41. The second-order valence-corrected chi connectivity index (χ2v) is 4.82. The summed E-state index contributed by atoms with van der Waals surface area (Å²) in [5.74, 6) is 0.985. The van der Waals surface area contributed by atoms with Gasteiger partial charge in [-0.15, -0.1) is 11.3 Å². The maximum absolute atomic E-state index is 4.51. The first-order valence-electron chi connectivity index (χ1n) is 4.59. The molecule has 3 rings (SSSR count). The number of aromatic nitrogens is 2. The number of benzene rings is 1. The van der Waals surface area contributed by atoms with E-state index < -0.39 is 0 Å². The second kappa shape index (κ2) is 2.58. The maximum atomic E-state index is 4.51. The van der Waals surface area contributed by atoms with Crippen LogP contribution in [0.5, 0.6) is 0 Å². The Hall–Kier alpha value is -1.35. The number of imidazole rings is 1. The van der Waals surface area contributed by atoms with E-state index in [1.54, 1.807) is 0 Å². The third-order valence-electron chi connectivity index (χ3n) is 2.38. The zero-order valence-corrected chi connectivity index (χ0v) is 8.90. The Balaban J connectivity index is 2.58. The van der Waals surface area contributed by atoms with E-state index in [1.165, 1.54) is 15.0 Å². The quantitative estimate of drug-likeness (QED) is 0.594. The lowest BCUT2D eigenvalue weighted by molar-refractivity contribution is 1.17. The van der Waals surface area contributed by atoms with Gasteiger partial charge in [0.15, 0.2) is 0 Å². The molecule has 0 saturated carbocycles. The van der Waals surface area contributed by atoms with E-state index in [4.69, 9.17) is 0 Å². The van der Waals surface area contributed by atoms with Gasteiger partial charge in [-0.25, -0.2) is 4.98 Å². The van der Waals surface area contributed by atoms with Crippen molar-refractivity contribution in [1.29, 1.82) is 0 Å². The molecule has 0 spiro atoms. The Bertz CT molecular complexity index is 563. The van der Waals surface area contributed by atoms with Crippen molar-refractivity contribution in [2.45, 2.75) is 13.8 Å². The van der Waals surface area contributed by atoms with Crippen molar-refractivity contribution in [2.24, 2.45) is 0 Å². The van der Waals surface area contributed by atoms with E-state index in [0.29, 0.717) is 0 Å². The fraction of sp³-hybridized carbons (Fsp3) is 0.182. The number of fused-ring (bicyclic) bond motifs is 3. The monoisotopic (exact) mass is 202 g/mol. The molecule has 1 aromatic carbocycles. The van der Waals surface area contributed by atoms with Gasteiger partial charge in [0.1, 0.15) is 11.3 Å². The predicted octanol–water partition coefficient (Wildman–Crippen LogP) is 3.39. The zero-order chi connectivity index (χ0) is 9.71. The SMILES string of the molecule is Cc1nc2c(ccc3cc(C)sc32)[nH]1. The number of nitrogens with zero attached hydrogens (tertiary/aromatic N) is 1. The molecule has 2 nitrogen and oxygen atoms in total. The van der Waals surface area contributed by atoms with Crippen LogP contribution in [0.1, 0.15) is 10.7 Å². The fourth-order valence-electron chi connectivity index (χ4n) is 1.82. The normalized spacial score (nSPS) is 11.6. The fourth-order valence-corrected chi connectivity index (χ4v) is 2.82. The van der Waals surface area contributed by atoms with Crippen molar-refractivity contribution in [3.8, 4) is 0 Å². The van der Waals surface area contributed by atoms with Crippen molar-refractivity contribution in [1.82, 2.24) is 9.97 Å². The Morgan fingerprint density at radius 2 is 2.14 bits per heavy atom. The average Bonchev–Trinajstić information content (AvgIpc) is 2.65. The highest BCUT2D eigenvalue weighted by atomic mass is 32.1. The molecule has 3 aromatic rings. The third kappa shape index (κ3) is 0.990. The Morgan fingerprint density at radius 3 is 3.00 bits per heavy atom. The van der Waals surface area contributed by atoms with Gasteiger partial charge in [0, 0.05) is 4.88 Å². The van der Waals surface area contributed by atoms with Gasteiger partial charge in [-0.05, 0) is 31.4 Å². The minimum absolute atomic E-state index is 0.985. The van der Waals surface area contributed by atoms with Crippen LogP contribution in [0.3, 0.4) is 0 Å². The largest absolute Gasteiger partial charge is 0.342 e. The van der Waals surface area contributed by atoms with Gasteiger partial charge < -0.3 is 4.98 Å². The van der Waals surface area contributed by atoms with E-state index in [1.807, 2.05) is 18.3 Å². The molecule has 70 valence electrons. The molecule has 0 aliphatic heterocycles. The smallest absolute Gasteiger partial charge is 0.106 e. The highest BCUT2D eigenvalue weighted by Gasteiger charge is 2.06. The van der Waals surface area contributed by atoms with Crippen molar-refractivity contribution in [3.05, 3.63) is 28.9 Å². The molecule has 3 heteroatoms. The highest BCUT2D eigenvalue weighted by molar-refractivity contribution is 7.19. The first-order chi connectivity index (χ1) is 6.74. The zero-order valence-electron chi connectivity index (χ0n) is 8.09. The van der Waals surface area contributed by atoms with Crippen LogP contribution in [0, 0.1) is 13.8 Å². The summed E-state index contributed by atoms with van der Waals surface area (Å²) in [5.41, 5.74) is 2.25.